The fourth-order valence-corrected chi connectivity index (χ4v) is 3.32. The van der Waals surface area contributed by atoms with E-state index in [1.807, 2.05) is 41.8 Å². The molecule has 1 heterocycles. The molecule has 2 aromatic carbocycles. The highest BCUT2D eigenvalue weighted by Gasteiger charge is 2.18. The molecule has 0 unspecified atom stereocenters. The van der Waals surface area contributed by atoms with E-state index in [1.165, 1.54) is 24.3 Å². The van der Waals surface area contributed by atoms with Crippen LogP contribution in [0.3, 0.4) is 0 Å². The lowest BCUT2D eigenvalue weighted by atomic mass is 10.1. The van der Waals surface area contributed by atoms with Crippen LogP contribution in [0.15, 0.2) is 66.0 Å². The molecule has 0 aliphatic carbocycles. The van der Waals surface area contributed by atoms with E-state index in [0.717, 1.165) is 16.2 Å². The summed E-state index contributed by atoms with van der Waals surface area (Å²) in [5.74, 6) is 0.246. The first-order valence-corrected chi connectivity index (χ1v) is 8.74. The molecule has 3 rings (SSSR count). The summed E-state index contributed by atoms with van der Waals surface area (Å²) in [6.45, 7) is 0.907. The van der Waals surface area contributed by atoms with Gasteiger partial charge in [-0.15, -0.1) is 11.3 Å². The van der Waals surface area contributed by atoms with Crippen molar-refractivity contribution in [3.63, 3.8) is 0 Å². The molecule has 5 heteroatoms. The number of ether oxygens (including phenoxy) is 1. The molecule has 0 atom stereocenters. The second kappa shape index (κ2) is 7.94. The van der Waals surface area contributed by atoms with Gasteiger partial charge in [-0.1, -0.05) is 24.3 Å². The Morgan fingerprint density at radius 1 is 1.04 bits per heavy atom. The van der Waals surface area contributed by atoms with Crippen LogP contribution >= 0.6 is 11.3 Å². The van der Waals surface area contributed by atoms with Crippen molar-refractivity contribution in [1.82, 2.24) is 4.90 Å². The van der Waals surface area contributed by atoms with Gasteiger partial charge in [0.1, 0.15) is 11.6 Å². The number of nitrogens with zero attached hydrogens (tertiary/aromatic N) is 1. The van der Waals surface area contributed by atoms with Gasteiger partial charge in [0.2, 0.25) is 0 Å². The number of halogens is 1. The fourth-order valence-electron chi connectivity index (χ4n) is 2.60. The number of carbonyl (C=O) groups is 1. The Bertz CT molecular complexity index is 831. The Morgan fingerprint density at radius 2 is 1.80 bits per heavy atom. The summed E-state index contributed by atoms with van der Waals surface area (Å²) >= 11 is 1.60. The van der Waals surface area contributed by atoms with Gasteiger partial charge in [-0.05, 0) is 41.8 Å². The standard InChI is InChI=1S/C20H18FNO2S/c1-24-19-7-3-2-5-16(19)13-22(14-18-6-4-12-25-18)20(23)15-8-10-17(21)11-9-15/h2-12H,13-14H2,1H3. The molecule has 3 nitrogen and oxygen atoms in total. The minimum Gasteiger partial charge on any atom is -0.496 e. The van der Waals surface area contributed by atoms with Crippen LogP contribution in [-0.2, 0) is 13.1 Å². The molecule has 128 valence electrons. The third kappa shape index (κ3) is 4.25. The average molecular weight is 355 g/mol. The highest BCUT2D eigenvalue weighted by atomic mass is 32.1. The third-order valence-corrected chi connectivity index (χ3v) is 4.72. The topological polar surface area (TPSA) is 29.5 Å². The molecule has 0 fully saturated rings. The number of hydrogen-bond acceptors (Lipinski definition) is 3. The molecule has 0 aliphatic rings. The number of thiophene rings is 1. The number of para-hydroxylation sites is 1. The van der Waals surface area contributed by atoms with Crippen LogP contribution in [0, 0.1) is 5.82 Å². The fraction of sp³-hybridized carbons (Fsp3) is 0.150. The molecule has 0 radical (unpaired) electrons. The molecule has 0 saturated heterocycles. The summed E-state index contributed by atoms with van der Waals surface area (Å²) in [6, 6.07) is 17.2. The smallest absolute Gasteiger partial charge is 0.254 e. The van der Waals surface area contributed by atoms with Gasteiger partial charge in [-0.3, -0.25) is 4.79 Å². The van der Waals surface area contributed by atoms with Gasteiger partial charge in [0.05, 0.1) is 20.2 Å². The number of benzene rings is 2. The lowest BCUT2D eigenvalue weighted by molar-refractivity contribution is 0.0730. The number of carbonyl (C=O) groups excluding carboxylic acids is 1. The number of rotatable bonds is 6. The van der Waals surface area contributed by atoms with Gasteiger partial charge in [0, 0.05) is 16.0 Å². The minimum atomic E-state index is -0.355. The second-order valence-corrected chi connectivity index (χ2v) is 6.59. The summed E-state index contributed by atoms with van der Waals surface area (Å²) in [4.78, 5) is 15.8. The van der Waals surface area contributed by atoms with Crippen molar-refractivity contribution in [1.29, 1.82) is 0 Å². The van der Waals surface area contributed by atoms with Crippen molar-refractivity contribution in [3.05, 3.63) is 87.9 Å². The van der Waals surface area contributed by atoms with E-state index in [4.69, 9.17) is 4.74 Å². The van der Waals surface area contributed by atoms with Gasteiger partial charge in [0.25, 0.3) is 5.91 Å². The lowest BCUT2D eigenvalue weighted by Gasteiger charge is -2.23. The van der Waals surface area contributed by atoms with E-state index >= 15 is 0 Å². The van der Waals surface area contributed by atoms with Crippen LogP contribution in [0.1, 0.15) is 20.8 Å². The molecule has 0 aliphatic heterocycles. The largest absolute Gasteiger partial charge is 0.496 e. The van der Waals surface area contributed by atoms with Crippen LogP contribution in [0.5, 0.6) is 5.75 Å². The van der Waals surface area contributed by atoms with Crippen LogP contribution < -0.4 is 4.74 Å². The maximum atomic E-state index is 13.2. The van der Waals surface area contributed by atoms with Gasteiger partial charge in [-0.2, -0.15) is 0 Å². The Labute approximate surface area is 150 Å². The molecule has 0 spiro atoms. The highest BCUT2D eigenvalue weighted by Crippen LogP contribution is 2.23. The van der Waals surface area contributed by atoms with Crippen LogP contribution in [0.4, 0.5) is 4.39 Å². The normalized spacial score (nSPS) is 10.5. The van der Waals surface area contributed by atoms with Gasteiger partial charge < -0.3 is 9.64 Å². The average Bonchev–Trinajstić information content (AvgIpc) is 3.15. The van der Waals surface area contributed by atoms with E-state index in [2.05, 4.69) is 0 Å². The molecule has 25 heavy (non-hydrogen) atoms. The molecule has 1 aromatic heterocycles. The van der Waals surface area contributed by atoms with Crippen LogP contribution in [-0.4, -0.2) is 17.9 Å². The first kappa shape index (κ1) is 17.2. The first-order valence-electron chi connectivity index (χ1n) is 7.86. The zero-order valence-electron chi connectivity index (χ0n) is 13.8. The van der Waals surface area contributed by atoms with Crippen molar-refractivity contribution in [2.75, 3.05) is 7.11 Å². The molecular formula is C20H18FNO2S. The predicted molar refractivity (Wildman–Crippen MR) is 97.3 cm³/mol. The molecule has 0 bridgehead atoms. The summed E-state index contributed by atoms with van der Waals surface area (Å²) in [7, 11) is 1.62. The first-order chi connectivity index (χ1) is 12.2. The summed E-state index contributed by atoms with van der Waals surface area (Å²) in [6.07, 6.45) is 0. The monoisotopic (exact) mass is 355 g/mol. The van der Waals surface area contributed by atoms with Crippen LogP contribution in [0.2, 0.25) is 0 Å². The third-order valence-electron chi connectivity index (χ3n) is 3.86. The highest BCUT2D eigenvalue weighted by molar-refractivity contribution is 7.09. The summed E-state index contributed by atoms with van der Waals surface area (Å²) in [5, 5.41) is 1.99. The van der Waals surface area contributed by atoms with Crippen molar-refractivity contribution in [2.24, 2.45) is 0 Å². The van der Waals surface area contributed by atoms with Gasteiger partial charge >= 0.3 is 0 Å². The van der Waals surface area contributed by atoms with Crippen molar-refractivity contribution in [3.8, 4) is 5.75 Å². The lowest BCUT2D eigenvalue weighted by Crippen LogP contribution is -2.30. The van der Waals surface area contributed by atoms with Crippen molar-refractivity contribution in [2.45, 2.75) is 13.1 Å². The Morgan fingerprint density at radius 3 is 2.48 bits per heavy atom. The zero-order valence-corrected chi connectivity index (χ0v) is 14.6. The molecular weight excluding hydrogens is 337 g/mol. The second-order valence-electron chi connectivity index (χ2n) is 5.56. The van der Waals surface area contributed by atoms with E-state index in [1.54, 1.807) is 23.3 Å². The van der Waals surface area contributed by atoms with Gasteiger partial charge in [0.15, 0.2) is 0 Å². The summed E-state index contributed by atoms with van der Waals surface area (Å²) < 4.78 is 18.6. The zero-order chi connectivity index (χ0) is 17.6. The predicted octanol–water partition coefficient (Wildman–Crippen LogP) is 4.74. The van der Waals surface area contributed by atoms with E-state index < -0.39 is 0 Å². The molecule has 3 aromatic rings. The molecule has 1 amide bonds. The Kier molecular flexibility index (Phi) is 5.46. The molecule has 0 saturated carbocycles. The molecule has 0 N–H and O–H groups in total. The van der Waals surface area contributed by atoms with Gasteiger partial charge in [-0.25, -0.2) is 4.39 Å². The van der Waals surface area contributed by atoms with E-state index in [0.29, 0.717) is 18.7 Å². The van der Waals surface area contributed by atoms with Crippen LogP contribution in [0.25, 0.3) is 0 Å². The number of methoxy groups -OCH3 is 1. The number of hydrogen-bond donors (Lipinski definition) is 0. The SMILES string of the molecule is COc1ccccc1CN(Cc1cccs1)C(=O)c1ccc(F)cc1. The van der Waals surface area contributed by atoms with Crippen molar-refractivity contribution < 1.29 is 13.9 Å². The van der Waals surface area contributed by atoms with E-state index in [9.17, 15) is 9.18 Å². The van der Waals surface area contributed by atoms with Crippen molar-refractivity contribution >= 4 is 17.2 Å². The Hall–Kier alpha value is -2.66. The summed E-state index contributed by atoms with van der Waals surface area (Å²) in [5.41, 5.74) is 1.39. The quantitative estimate of drug-likeness (QED) is 0.639. The van der Waals surface area contributed by atoms with E-state index in [-0.39, 0.29) is 11.7 Å². The Balaban J connectivity index is 1.89. The maximum absolute atomic E-state index is 13.2. The maximum Gasteiger partial charge on any atom is 0.254 e. The number of amides is 1. The minimum absolute atomic E-state index is 0.140.